The Hall–Kier alpha value is -3.49. The summed E-state index contributed by atoms with van der Waals surface area (Å²) in [4.78, 5) is 22.6. The predicted octanol–water partition coefficient (Wildman–Crippen LogP) is 2.06. The number of halogens is 1. The van der Waals surface area contributed by atoms with Gasteiger partial charge in [0.15, 0.2) is 0 Å². The molecule has 3 N–H and O–H groups in total. The van der Waals surface area contributed by atoms with Crippen molar-refractivity contribution in [3.05, 3.63) is 42.1 Å². The minimum atomic E-state index is -0.303. The molecule has 142 valence electrons. The first-order valence-corrected chi connectivity index (χ1v) is 9.04. The highest BCUT2D eigenvalue weighted by atomic mass is 19.1. The Morgan fingerprint density at radius 3 is 2.93 bits per heavy atom. The summed E-state index contributed by atoms with van der Waals surface area (Å²) in [7, 11) is 0. The molecule has 28 heavy (non-hydrogen) atoms. The summed E-state index contributed by atoms with van der Waals surface area (Å²) in [5, 5.41) is 7.79. The molecule has 9 heteroatoms. The number of hydrogen-bond donors (Lipinski definition) is 2. The van der Waals surface area contributed by atoms with Gasteiger partial charge in [0, 0.05) is 18.5 Å². The van der Waals surface area contributed by atoms with Gasteiger partial charge in [0.2, 0.25) is 11.9 Å². The number of nitrogens with one attached hydrogen (secondary N) is 1. The van der Waals surface area contributed by atoms with Crippen LogP contribution < -0.4 is 10.6 Å². The Morgan fingerprint density at radius 1 is 1.32 bits per heavy atom. The van der Waals surface area contributed by atoms with Crippen molar-refractivity contribution in [1.29, 1.82) is 0 Å². The van der Waals surface area contributed by atoms with Gasteiger partial charge in [-0.1, -0.05) is 0 Å². The van der Waals surface area contributed by atoms with E-state index < -0.39 is 0 Å². The van der Waals surface area contributed by atoms with E-state index in [-0.39, 0.29) is 17.6 Å². The van der Waals surface area contributed by atoms with Crippen molar-refractivity contribution in [2.45, 2.75) is 13.3 Å². The molecule has 5 rings (SSSR count). The fraction of sp³-hybridized carbons (Fsp3) is 0.263. The van der Waals surface area contributed by atoms with Crippen molar-refractivity contribution in [3.63, 3.8) is 0 Å². The first-order chi connectivity index (χ1) is 13.5. The van der Waals surface area contributed by atoms with Gasteiger partial charge in [-0.05, 0) is 31.5 Å². The van der Waals surface area contributed by atoms with E-state index in [1.807, 2.05) is 16.4 Å². The third-order valence-corrected chi connectivity index (χ3v) is 5.38. The second-order valence-electron chi connectivity index (χ2n) is 7.10. The summed E-state index contributed by atoms with van der Waals surface area (Å²) in [6.45, 7) is 3.14. The molecule has 1 aromatic carbocycles. The predicted molar refractivity (Wildman–Crippen MR) is 103 cm³/mol. The van der Waals surface area contributed by atoms with Gasteiger partial charge in [0.1, 0.15) is 5.82 Å². The number of hydrogen-bond acceptors (Lipinski definition) is 5. The van der Waals surface area contributed by atoms with Crippen molar-refractivity contribution in [2.75, 3.05) is 18.0 Å². The first kappa shape index (κ1) is 16.7. The summed E-state index contributed by atoms with van der Waals surface area (Å²) in [5.41, 5.74) is 9.43. The fourth-order valence-corrected chi connectivity index (χ4v) is 3.93. The average molecular weight is 379 g/mol. The zero-order valence-electron chi connectivity index (χ0n) is 15.2. The van der Waals surface area contributed by atoms with Crippen LogP contribution in [0.4, 0.5) is 10.3 Å². The number of aryl methyl sites for hydroxylation is 1. The number of amides is 1. The van der Waals surface area contributed by atoms with Crippen molar-refractivity contribution < 1.29 is 9.18 Å². The summed E-state index contributed by atoms with van der Waals surface area (Å²) in [6, 6.07) is 4.67. The van der Waals surface area contributed by atoms with Crippen LogP contribution >= 0.6 is 0 Å². The van der Waals surface area contributed by atoms with Crippen molar-refractivity contribution in [3.8, 4) is 5.69 Å². The van der Waals surface area contributed by atoms with E-state index in [0.29, 0.717) is 25.5 Å². The van der Waals surface area contributed by atoms with E-state index >= 15 is 0 Å². The monoisotopic (exact) mass is 379 g/mol. The Morgan fingerprint density at radius 2 is 2.18 bits per heavy atom. The van der Waals surface area contributed by atoms with Crippen LogP contribution in [0.3, 0.4) is 0 Å². The van der Waals surface area contributed by atoms with Gasteiger partial charge in [0.05, 0.1) is 46.2 Å². The molecule has 1 aliphatic rings. The van der Waals surface area contributed by atoms with Gasteiger partial charge >= 0.3 is 0 Å². The number of benzene rings is 1. The maximum Gasteiger partial charge on any atom is 0.225 e. The molecule has 0 radical (unpaired) electrons. The summed E-state index contributed by atoms with van der Waals surface area (Å²) in [6.07, 6.45) is 4.17. The molecule has 0 aliphatic carbocycles. The van der Waals surface area contributed by atoms with Gasteiger partial charge in [-0.3, -0.25) is 9.89 Å². The molecule has 3 aromatic heterocycles. The van der Waals surface area contributed by atoms with Crippen LogP contribution in [0.15, 0.2) is 30.6 Å². The van der Waals surface area contributed by atoms with Gasteiger partial charge in [0.25, 0.3) is 0 Å². The molecule has 4 heterocycles. The van der Waals surface area contributed by atoms with Gasteiger partial charge < -0.3 is 15.2 Å². The zero-order valence-corrected chi connectivity index (χ0v) is 15.2. The van der Waals surface area contributed by atoms with E-state index in [1.165, 1.54) is 12.1 Å². The van der Waals surface area contributed by atoms with Crippen LogP contribution in [0, 0.1) is 18.7 Å². The number of rotatable bonds is 3. The number of aromatic amines is 1. The van der Waals surface area contributed by atoms with Gasteiger partial charge in [-0.25, -0.2) is 14.4 Å². The number of nitrogens with two attached hydrogens (primary N) is 1. The lowest BCUT2D eigenvalue weighted by molar-refractivity contribution is -0.121. The highest BCUT2D eigenvalue weighted by Crippen LogP contribution is 2.32. The number of aromatic nitrogens is 5. The lowest BCUT2D eigenvalue weighted by Crippen LogP contribution is -2.28. The number of anilines is 1. The molecular weight excluding hydrogens is 361 g/mol. The Kier molecular flexibility index (Phi) is 3.58. The second kappa shape index (κ2) is 6.01. The largest absolute Gasteiger partial charge is 0.369 e. The molecule has 1 fully saturated rings. The second-order valence-corrected chi connectivity index (χ2v) is 7.10. The van der Waals surface area contributed by atoms with Crippen LogP contribution in [-0.2, 0) is 4.79 Å². The highest BCUT2D eigenvalue weighted by Gasteiger charge is 2.28. The molecule has 4 aromatic rings. The van der Waals surface area contributed by atoms with Crippen LogP contribution in [0.1, 0.15) is 12.1 Å². The van der Waals surface area contributed by atoms with Crippen LogP contribution in [0.2, 0.25) is 0 Å². The summed E-state index contributed by atoms with van der Waals surface area (Å²) in [5.74, 6) is -0.180. The molecule has 1 aliphatic heterocycles. The third-order valence-electron chi connectivity index (χ3n) is 5.38. The van der Waals surface area contributed by atoms with Crippen molar-refractivity contribution in [2.24, 2.45) is 11.7 Å². The molecule has 1 atom stereocenters. The van der Waals surface area contributed by atoms with Crippen LogP contribution in [0.5, 0.6) is 0 Å². The molecule has 1 amide bonds. The third kappa shape index (κ3) is 2.43. The Balaban J connectivity index is 1.61. The normalized spacial score (nSPS) is 17.1. The molecule has 0 spiro atoms. The Labute approximate surface area is 159 Å². The lowest BCUT2D eigenvalue weighted by Gasteiger charge is -2.17. The SMILES string of the molecule is Cc1nc(N2CC[C@H](C(N)=O)C2)ncc1-n1c2ccc(F)cc2c2[nH]ncc21. The minimum absolute atomic E-state index is 0.169. The average Bonchev–Trinajstić information content (AvgIpc) is 3.38. The van der Waals surface area contributed by atoms with E-state index in [0.717, 1.165) is 33.3 Å². The lowest BCUT2D eigenvalue weighted by atomic mass is 10.1. The number of carbonyl (C=O) groups excluding carboxylic acids is 1. The number of primary amides is 1. The number of carbonyl (C=O) groups is 1. The number of nitrogens with zero attached hydrogens (tertiary/aromatic N) is 5. The molecule has 0 bridgehead atoms. The summed E-state index contributed by atoms with van der Waals surface area (Å²) >= 11 is 0. The van der Waals surface area contributed by atoms with E-state index in [9.17, 15) is 9.18 Å². The molecule has 0 saturated carbocycles. The maximum absolute atomic E-state index is 13.8. The van der Waals surface area contributed by atoms with Crippen molar-refractivity contribution >= 4 is 33.8 Å². The topological polar surface area (TPSA) is 106 Å². The van der Waals surface area contributed by atoms with Crippen LogP contribution in [-0.4, -0.2) is 43.7 Å². The maximum atomic E-state index is 13.8. The van der Waals surface area contributed by atoms with E-state index in [1.54, 1.807) is 18.5 Å². The van der Waals surface area contributed by atoms with E-state index in [4.69, 9.17) is 5.73 Å². The van der Waals surface area contributed by atoms with Crippen LogP contribution in [0.25, 0.3) is 27.6 Å². The standard InChI is InChI=1S/C19H18FN7O/c1-10-15(7-22-19(24-10)26-5-4-11(9-26)18(21)28)27-14-3-2-12(20)6-13(14)17-16(27)8-23-25-17/h2-3,6-8,11H,4-5,9H2,1H3,(H2,21,28)(H,23,25)/t11-/m0/s1. The minimum Gasteiger partial charge on any atom is -0.369 e. The first-order valence-electron chi connectivity index (χ1n) is 9.04. The highest BCUT2D eigenvalue weighted by molar-refractivity contribution is 6.06. The quantitative estimate of drug-likeness (QED) is 0.567. The zero-order chi connectivity index (χ0) is 19.4. The molecule has 8 nitrogen and oxygen atoms in total. The number of H-pyrrole nitrogens is 1. The van der Waals surface area contributed by atoms with Crippen molar-refractivity contribution in [1.82, 2.24) is 24.7 Å². The molecule has 1 saturated heterocycles. The molecular formula is C19H18FN7O. The number of fused-ring (bicyclic) bond motifs is 3. The Bertz CT molecular complexity index is 1230. The van der Waals surface area contributed by atoms with Gasteiger partial charge in [-0.15, -0.1) is 0 Å². The van der Waals surface area contributed by atoms with Gasteiger partial charge in [-0.2, -0.15) is 5.10 Å². The smallest absolute Gasteiger partial charge is 0.225 e. The van der Waals surface area contributed by atoms with E-state index in [2.05, 4.69) is 20.2 Å². The molecule has 0 unspecified atom stereocenters. The summed E-state index contributed by atoms with van der Waals surface area (Å²) < 4.78 is 15.7. The fourth-order valence-electron chi connectivity index (χ4n) is 3.93.